The van der Waals surface area contributed by atoms with Crippen molar-refractivity contribution in [1.82, 2.24) is 0 Å². The number of hydrogen-bond donors (Lipinski definition) is 0. The number of fused-ring (bicyclic) bond motifs is 1. The Morgan fingerprint density at radius 3 is 2.50 bits per heavy atom. The predicted molar refractivity (Wildman–Crippen MR) is 135 cm³/mol. The molecule has 0 spiro atoms. The average Bonchev–Trinajstić information content (AvgIpc) is 3.25. The maximum Gasteiger partial charge on any atom is 0.471 e. The van der Waals surface area contributed by atoms with E-state index in [1.165, 1.54) is 14.0 Å². The van der Waals surface area contributed by atoms with Gasteiger partial charge in [-0.15, -0.1) is 0 Å². The quantitative estimate of drug-likeness (QED) is 0.211. The molecule has 0 radical (unpaired) electrons. The van der Waals surface area contributed by atoms with E-state index in [0.29, 0.717) is 27.5 Å². The number of amides is 1. The number of hydrogen-bond acceptors (Lipinski definition) is 6. The molecule has 11 heteroatoms. The summed E-state index contributed by atoms with van der Waals surface area (Å²) in [5, 5.41) is 0.298. The fourth-order valence-corrected chi connectivity index (χ4v) is 4.44. The molecule has 7 nitrogen and oxygen atoms in total. The van der Waals surface area contributed by atoms with E-state index >= 15 is 0 Å². The summed E-state index contributed by atoms with van der Waals surface area (Å²) in [4.78, 5) is 37.8. The summed E-state index contributed by atoms with van der Waals surface area (Å²) in [6.07, 6.45) is -3.09. The maximum absolute atomic E-state index is 13.5. The molecule has 0 atom stereocenters. The number of anilines is 1. The average molecular weight is 554 g/mol. The lowest BCUT2D eigenvalue weighted by atomic mass is 9.92. The monoisotopic (exact) mass is 553 g/mol. The van der Waals surface area contributed by atoms with E-state index in [1.807, 2.05) is 0 Å². The van der Waals surface area contributed by atoms with Gasteiger partial charge in [-0.05, 0) is 51.3 Å². The van der Waals surface area contributed by atoms with Crippen molar-refractivity contribution in [3.63, 3.8) is 0 Å². The van der Waals surface area contributed by atoms with Crippen LogP contribution in [0.25, 0.3) is 0 Å². The highest BCUT2D eigenvalue weighted by Gasteiger charge is 2.45. The first-order chi connectivity index (χ1) is 17.9. The first-order valence-electron chi connectivity index (χ1n) is 11.8. The van der Waals surface area contributed by atoms with Crippen molar-refractivity contribution in [2.75, 3.05) is 18.6 Å². The molecule has 0 saturated carbocycles. The second-order valence-corrected chi connectivity index (χ2v) is 9.03. The molecule has 3 rings (SSSR count). The van der Waals surface area contributed by atoms with E-state index in [0.717, 1.165) is 5.57 Å². The number of esters is 2. The molecule has 0 N–H and O–H groups in total. The second-order valence-electron chi connectivity index (χ2n) is 8.62. The zero-order valence-corrected chi connectivity index (χ0v) is 22.1. The molecule has 38 heavy (non-hydrogen) atoms. The number of carbonyl (C=O) groups excluding carboxylic acids is 3. The fraction of sp³-hybridized carbons (Fsp3) is 0.370. The summed E-state index contributed by atoms with van der Waals surface area (Å²) in [5.41, 5.74) is 1.63. The molecule has 1 amide bonds. The molecule has 1 aliphatic heterocycles. The molecule has 0 saturated heterocycles. The van der Waals surface area contributed by atoms with Crippen LogP contribution in [0.4, 0.5) is 18.9 Å². The number of allylic oxidation sites excluding steroid dienone is 2. The molecule has 0 aliphatic carbocycles. The Morgan fingerprint density at radius 2 is 1.89 bits per heavy atom. The van der Waals surface area contributed by atoms with Gasteiger partial charge in [-0.3, -0.25) is 9.59 Å². The van der Waals surface area contributed by atoms with E-state index in [2.05, 4.69) is 0 Å². The Labute approximate surface area is 223 Å². The Morgan fingerprint density at radius 1 is 1.21 bits per heavy atom. The third kappa shape index (κ3) is 6.12. The van der Waals surface area contributed by atoms with E-state index in [4.69, 9.17) is 25.8 Å². The van der Waals surface area contributed by atoms with Gasteiger partial charge in [-0.2, -0.15) is 13.2 Å². The summed E-state index contributed by atoms with van der Waals surface area (Å²) >= 11 is 6.01. The van der Waals surface area contributed by atoms with Crippen molar-refractivity contribution in [2.24, 2.45) is 0 Å². The lowest BCUT2D eigenvalue weighted by molar-refractivity contribution is -0.170. The highest BCUT2D eigenvalue weighted by Crippen LogP contribution is 2.44. The Balaban J connectivity index is 1.94. The van der Waals surface area contributed by atoms with Crippen LogP contribution < -0.4 is 14.4 Å². The van der Waals surface area contributed by atoms with Crippen LogP contribution in [0.3, 0.4) is 0 Å². The van der Waals surface area contributed by atoms with Gasteiger partial charge in [0.2, 0.25) is 0 Å². The molecular formula is C27H27ClF3NO6. The van der Waals surface area contributed by atoms with Gasteiger partial charge in [0.05, 0.1) is 23.4 Å². The van der Waals surface area contributed by atoms with Crippen molar-refractivity contribution in [3.8, 4) is 11.5 Å². The van der Waals surface area contributed by atoms with Crippen LogP contribution >= 0.6 is 11.6 Å². The standard InChI is InChI=1S/C27H27ClF3NO6/c1-5-32(26(35)27(29,30)31)23-17(24(36-4)16(3)18-14-37-25(34)22(18)23)12-10-15(2)11-13-21(33)38-20-9-7-6-8-19(20)28/h6-10H,5,11-14H2,1-4H3. The normalized spacial score (nSPS) is 13.2. The molecule has 2 aromatic carbocycles. The maximum atomic E-state index is 13.5. The van der Waals surface area contributed by atoms with Crippen molar-refractivity contribution in [2.45, 2.75) is 52.8 Å². The number of halogens is 4. The number of methoxy groups -OCH3 is 1. The van der Waals surface area contributed by atoms with Crippen LogP contribution in [-0.4, -0.2) is 37.7 Å². The lowest BCUT2D eigenvalue weighted by Crippen LogP contribution is -2.42. The number of para-hydroxylation sites is 1. The largest absolute Gasteiger partial charge is 0.496 e. The van der Waals surface area contributed by atoms with Crippen LogP contribution in [0.5, 0.6) is 11.5 Å². The van der Waals surface area contributed by atoms with Gasteiger partial charge in [0.1, 0.15) is 18.1 Å². The van der Waals surface area contributed by atoms with Gasteiger partial charge >= 0.3 is 24.0 Å². The summed E-state index contributed by atoms with van der Waals surface area (Å²) in [6.45, 7) is 4.34. The molecule has 1 aliphatic rings. The zero-order chi connectivity index (χ0) is 28.2. The molecule has 0 aromatic heterocycles. The summed E-state index contributed by atoms with van der Waals surface area (Å²) in [5.74, 6) is -2.92. The van der Waals surface area contributed by atoms with Gasteiger partial charge in [-0.25, -0.2) is 4.79 Å². The molecule has 0 bridgehead atoms. The van der Waals surface area contributed by atoms with Crippen LogP contribution in [0.1, 0.15) is 53.7 Å². The molecule has 204 valence electrons. The van der Waals surface area contributed by atoms with Crippen molar-refractivity contribution in [1.29, 1.82) is 0 Å². The van der Waals surface area contributed by atoms with E-state index < -0.39 is 24.0 Å². The summed E-state index contributed by atoms with van der Waals surface area (Å²) in [6, 6.07) is 6.55. The third-order valence-corrected chi connectivity index (χ3v) is 6.47. The first-order valence-corrected chi connectivity index (χ1v) is 12.2. The van der Waals surface area contributed by atoms with E-state index in [-0.39, 0.29) is 54.3 Å². The number of alkyl halides is 3. The van der Waals surface area contributed by atoms with Gasteiger partial charge in [0.25, 0.3) is 0 Å². The van der Waals surface area contributed by atoms with Gasteiger partial charge < -0.3 is 19.1 Å². The minimum atomic E-state index is -5.16. The summed E-state index contributed by atoms with van der Waals surface area (Å²) < 4.78 is 56.4. The number of carbonyl (C=O) groups is 3. The number of nitrogens with zero attached hydrogens (tertiary/aromatic N) is 1. The Hall–Kier alpha value is -3.53. The van der Waals surface area contributed by atoms with Crippen molar-refractivity contribution < 1.29 is 41.8 Å². The van der Waals surface area contributed by atoms with Gasteiger partial charge in [-0.1, -0.05) is 35.4 Å². The lowest BCUT2D eigenvalue weighted by Gasteiger charge is -2.28. The predicted octanol–water partition coefficient (Wildman–Crippen LogP) is 6.12. The first kappa shape index (κ1) is 29.0. The molecule has 0 fully saturated rings. The molecular weight excluding hydrogens is 527 g/mol. The minimum absolute atomic E-state index is 0.0285. The fourth-order valence-electron chi connectivity index (χ4n) is 4.26. The van der Waals surface area contributed by atoms with Gasteiger partial charge in [0.15, 0.2) is 0 Å². The van der Waals surface area contributed by atoms with Crippen molar-refractivity contribution >= 4 is 35.1 Å². The highest BCUT2D eigenvalue weighted by atomic mass is 35.5. The topological polar surface area (TPSA) is 82.1 Å². The second kappa shape index (κ2) is 11.9. The Kier molecular flexibility index (Phi) is 9.09. The number of benzene rings is 2. The third-order valence-electron chi connectivity index (χ3n) is 6.16. The zero-order valence-electron chi connectivity index (χ0n) is 21.3. The number of rotatable bonds is 9. The van der Waals surface area contributed by atoms with Crippen LogP contribution in [0.2, 0.25) is 5.02 Å². The SMILES string of the molecule is CCN(C(=O)C(F)(F)F)c1c(CC=C(C)CCC(=O)Oc2ccccc2Cl)c(OC)c(C)c2c1C(=O)OC2. The summed E-state index contributed by atoms with van der Waals surface area (Å²) in [7, 11) is 1.36. The molecule has 0 unspecified atom stereocenters. The van der Waals surface area contributed by atoms with Crippen molar-refractivity contribution in [3.05, 3.63) is 63.2 Å². The van der Waals surface area contributed by atoms with Crippen LogP contribution in [0, 0.1) is 6.92 Å². The number of cyclic esters (lactones) is 1. The molecule has 2 aromatic rings. The smallest absolute Gasteiger partial charge is 0.471 e. The number of ether oxygens (including phenoxy) is 3. The van der Waals surface area contributed by atoms with E-state index in [9.17, 15) is 27.6 Å². The highest BCUT2D eigenvalue weighted by molar-refractivity contribution is 6.32. The van der Waals surface area contributed by atoms with Crippen LogP contribution in [-0.2, 0) is 27.4 Å². The van der Waals surface area contributed by atoms with Crippen LogP contribution in [0.15, 0.2) is 35.9 Å². The molecule has 1 heterocycles. The Bertz CT molecular complexity index is 1290. The van der Waals surface area contributed by atoms with E-state index in [1.54, 1.807) is 44.2 Å². The van der Waals surface area contributed by atoms with Gasteiger partial charge in [0, 0.05) is 24.1 Å². The minimum Gasteiger partial charge on any atom is -0.496 e.